The second-order valence-corrected chi connectivity index (χ2v) is 7.66. The molecule has 0 N–H and O–H groups in total. The molecular weight excluding hydrogens is 215 g/mol. The Balaban J connectivity index is 2.30. The number of hydrogen-bond donors (Lipinski definition) is 0. The second kappa shape index (κ2) is 8.53. The average Bonchev–Trinajstić information content (AvgIpc) is 2.31. The second-order valence-electron chi connectivity index (χ2n) is 4.99. The van der Waals surface area contributed by atoms with E-state index in [0.717, 1.165) is 19.1 Å². The first kappa shape index (κ1) is 14.5. The molecule has 2 nitrogen and oxygen atoms in total. The predicted molar refractivity (Wildman–Crippen MR) is 70.0 cm³/mol. The molecule has 1 unspecified atom stereocenters. The van der Waals surface area contributed by atoms with E-state index in [1.807, 2.05) is 0 Å². The van der Waals surface area contributed by atoms with Crippen LogP contribution in [0.25, 0.3) is 0 Å². The van der Waals surface area contributed by atoms with Crippen LogP contribution < -0.4 is 0 Å². The van der Waals surface area contributed by atoms with Crippen molar-refractivity contribution in [2.24, 2.45) is 5.92 Å². The SMILES string of the molecule is CC[CH2][Al]([CH2]CC)[O]C(C)C1CCOCC1. The van der Waals surface area contributed by atoms with Crippen molar-refractivity contribution >= 4 is 14.5 Å². The van der Waals surface area contributed by atoms with Gasteiger partial charge in [0.05, 0.1) is 0 Å². The topological polar surface area (TPSA) is 18.5 Å². The van der Waals surface area contributed by atoms with Gasteiger partial charge in [-0.05, 0) is 25.7 Å². The smallest absolute Gasteiger partial charge is 0.460 e. The van der Waals surface area contributed by atoms with Crippen LogP contribution in [-0.2, 0) is 8.53 Å². The molecule has 0 aromatic heterocycles. The monoisotopic (exact) mass is 242 g/mol. The summed E-state index contributed by atoms with van der Waals surface area (Å²) >= 11 is -0.903. The van der Waals surface area contributed by atoms with Crippen LogP contribution >= 0.6 is 0 Å². The predicted octanol–water partition coefficient (Wildman–Crippen LogP) is 3.63. The Morgan fingerprint density at radius 1 is 1.19 bits per heavy atom. The van der Waals surface area contributed by atoms with E-state index < -0.39 is 14.5 Å². The van der Waals surface area contributed by atoms with Crippen LogP contribution in [0.1, 0.15) is 46.5 Å². The van der Waals surface area contributed by atoms with Gasteiger partial charge in [-0.15, -0.1) is 0 Å². The summed E-state index contributed by atoms with van der Waals surface area (Å²) in [7, 11) is 0. The van der Waals surface area contributed by atoms with Crippen LogP contribution in [-0.4, -0.2) is 33.8 Å². The van der Waals surface area contributed by atoms with Gasteiger partial charge in [-0.25, -0.2) is 0 Å². The van der Waals surface area contributed by atoms with Crippen LogP contribution in [0.2, 0.25) is 10.6 Å². The molecule has 1 heterocycles. The van der Waals surface area contributed by atoms with Crippen molar-refractivity contribution in [2.75, 3.05) is 13.2 Å². The first-order valence-electron chi connectivity index (χ1n) is 7.01. The lowest BCUT2D eigenvalue weighted by molar-refractivity contribution is 0.0226. The minimum Gasteiger partial charge on any atom is -0.498 e. The van der Waals surface area contributed by atoms with Crippen molar-refractivity contribution in [1.29, 1.82) is 0 Å². The highest BCUT2D eigenvalue weighted by atomic mass is 27.2. The Bertz CT molecular complexity index is 163. The Hall–Kier alpha value is 0.452. The molecule has 0 bridgehead atoms. The third kappa shape index (κ3) is 5.19. The Kier molecular flexibility index (Phi) is 7.74. The van der Waals surface area contributed by atoms with Crippen LogP contribution in [0.5, 0.6) is 0 Å². The zero-order valence-corrected chi connectivity index (χ0v) is 12.4. The Morgan fingerprint density at radius 2 is 1.75 bits per heavy atom. The largest absolute Gasteiger partial charge is 0.498 e. The fourth-order valence-electron chi connectivity index (χ4n) is 2.52. The molecule has 1 atom stereocenters. The molecule has 0 spiro atoms. The molecule has 0 amide bonds. The summed E-state index contributed by atoms with van der Waals surface area (Å²) in [5, 5.41) is 2.70. The van der Waals surface area contributed by atoms with Crippen LogP contribution in [0.3, 0.4) is 0 Å². The van der Waals surface area contributed by atoms with Crippen molar-refractivity contribution in [3.05, 3.63) is 0 Å². The maximum Gasteiger partial charge on any atom is 0.460 e. The number of ether oxygens (including phenoxy) is 1. The summed E-state index contributed by atoms with van der Waals surface area (Å²) in [4.78, 5) is 0. The highest BCUT2D eigenvalue weighted by Gasteiger charge is 2.26. The van der Waals surface area contributed by atoms with Crippen molar-refractivity contribution in [1.82, 2.24) is 0 Å². The minimum atomic E-state index is -0.903. The number of rotatable bonds is 7. The van der Waals surface area contributed by atoms with Gasteiger partial charge in [-0.1, -0.05) is 37.3 Å². The Labute approximate surface area is 105 Å². The standard InChI is InChI=1S/C7H13O2.2C3H7.Al/c1-6(8)7-2-4-9-5-3-7;2*1-3-2;/h6-7H,2-5H2,1H3;2*1,3H2,2H3;/q-1;;;+1. The van der Waals surface area contributed by atoms with Gasteiger partial charge in [0.15, 0.2) is 0 Å². The van der Waals surface area contributed by atoms with E-state index >= 15 is 0 Å². The highest BCUT2D eigenvalue weighted by Crippen LogP contribution is 2.23. The van der Waals surface area contributed by atoms with Crippen molar-refractivity contribution in [3.63, 3.8) is 0 Å². The van der Waals surface area contributed by atoms with Gasteiger partial charge >= 0.3 is 14.5 Å². The van der Waals surface area contributed by atoms with Gasteiger partial charge in [0, 0.05) is 19.3 Å². The maximum absolute atomic E-state index is 6.35. The van der Waals surface area contributed by atoms with Gasteiger partial charge < -0.3 is 8.53 Å². The molecule has 0 aromatic rings. The van der Waals surface area contributed by atoms with Crippen molar-refractivity contribution in [3.8, 4) is 0 Å². The molecule has 0 aromatic carbocycles. The summed E-state index contributed by atoms with van der Waals surface area (Å²) in [6, 6.07) is 0. The van der Waals surface area contributed by atoms with E-state index in [4.69, 9.17) is 8.53 Å². The van der Waals surface area contributed by atoms with Crippen LogP contribution in [0.4, 0.5) is 0 Å². The number of hydrogen-bond acceptors (Lipinski definition) is 2. The van der Waals surface area contributed by atoms with E-state index in [1.165, 1.54) is 36.2 Å². The van der Waals surface area contributed by atoms with Crippen LogP contribution in [0, 0.1) is 5.92 Å². The minimum absolute atomic E-state index is 0.471. The van der Waals surface area contributed by atoms with Crippen molar-refractivity contribution in [2.45, 2.75) is 63.1 Å². The quantitative estimate of drug-likeness (QED) is 0.635. The highest BCUT2D eigenvalue weighted by molar-refractivity contribution is 6.51. The molecule has 1 rings (SSSR count). The maximum atomic E-state index is 6.35. The zero-order chi connectivity index (χ0) is 11.8. The van der Waals surface area contributed by atoms with E-state index in [9.17, 15) is 0 Å². The van der Waals surface area contributed by atoms with E-state index in [1.54, 1.807) is 0 Å². The fourth-order valence-corrected chi connectivity index (χ4v) is 5.20. The molecular formula is C13H27AlO2. The summed E-state index contributed by atoms with van der Waals surface area (Å²) < 4.78 is 11.8. The summed E-state index contributed by atoms with van der Waals surface area (Å²) in [6.07, 6.45) is 5.44. The lowest BCUT2D eigenvalue weighted by atomic mass is 9.95. The third-order valence-electron chi connectivity index (χ3n) is 3.56. The lowest BCUT2D eigenvalue weighted by Gasteiger charge is -2.30. The van der Waals surface area contributed by atoms with Crippen LogP contribution in [0.15, 0.2) is 0 Å². The van der Waals surface area contributed by atoms with Gasteiger partial charge in [-0.2, -0.15) is 0 Å². The lowest BCUT2D eigenvalue weighted by Crippen LogP contribution is -2.32. The van der Waals surface area contributed by atoms with E-state index in [0.29, 0.717) is 6.10 Å². The molecule has 1 aliphatic rings. The first-order valence-corrected chi connectivity index (χ1v) is 9.11. The molecule has 94 valence electrons. The van der Waals surface area contributed by atoms with Crippen molar-refractivity contribution < 1.29 is 8.53 Å². The molecule has 1 saturated heterocycles. The molecule has 16 heavy (non-hydrogen) atoms. The molecule has 3 heteroatoms. The van der Waals surface area contributed by atoms with E-state index in [-0.39, 0.29) is 0 Å². The van der Waals surface area contributed by atoms with Gasteiger partial charge in [-0.3, -0.25) is 0 Å². The summed E-state index contributed by atoms with van der Waals surface area (Å²) in [6.45, 7) is 8.70. The fraction of sp³-hybridized carbons (Fsp3) is 1.00. The average molecular weight is 242 g/mol. The van der Waals surface area contributed by atoms with Gasteiger partial charge in [0.25, 0.3) is 0 Å². The Morgan fingerprint density at radius 3 is 2.25 bits per heavy atom. The third-order valence-corrected chi connectivity index (χ3v) is 6.82. The normalized spacial score (nSPS) is 19.7. The van der Waals surface area contributed by atoms with Gasteiger partial charge in [0.1, 0.15) is 0 Å². The molecule has 1 fully saturated rings. The molecule has 0 radical (unpaired) electrons. The molecule has 0 aliphatic carbocycles. The molecule has 0 saturated carbocycles. The zero-order valence-electron chi connectivity index (χ0n) is 11.2. The molecule has 1 aliphatic heterocycles. The van der Waals surface area contributed by atoms with Gasteiger partial charge in [0.2, 0.25) is 0 Å². The summed E-state index contributed by atoms with van der Waals surface area (Å²) in [5.74, 6) is 0.748. The van der Waals surface area contributed by atoms with E-state index in [2.05, 4.69) is 20.8 Å². The first-order chi connectivity index (χ1) is 7.77. The summed E-state index contributed by atoms with van der Waals surface area (Å²) in [5.41, 5.74) is 0.